The van der Waals surface area contributed by atoms with Crippen molar-refractivity contribution < 1.29 is 76.0 Å². The van der Waals surface area contributed by atoms with Crippen molar-refractivity contribution in [2.24, 2.45) is 11.8 Å². The van der Waals surface area contributed by atoms with Gasteiger partial charge in [-0.05, 0) is 84.8 Å². The van der Waals surface area contributed by atoms with Gasteiger partial charge in [-0.25, -0.2) is 28.8 Å². The fourth-order valence-electron chi connectivity index (χ4n) is 4.54. The molecule has 2 aliphatic carbocycles. The van der Waals surface area contributed by atoms with Gasteiger partial charge in [0.15, 0.2) is 6.61 Å². The molecule has 15 heteroatoms. The first-order valence-corrected chi connectivity index (χ1v) is 18.7. The van der Waals surface area contributed by atoms with Gasteiger partial charge < -0.3 is 33.9 Å². The zero-order valence-electron chi connectivity index (χ0n) is 42.4. The number of benzene rings is 1. The van der Waals surface area contributed by atoms with Crippen LogP contribution in [0.15, 0.2) is 54.6 Å². The van der Waals surface area contributed by atoms with Gasteiger partial charge in [0.05, 0.1) is 0 Å². The molecule has 0 aliphatic heterocycles. The molecule has 0 radical (unpaired) electrons. The van der Waals surface area contributed by atoms with Crippen LogP contribution >= 0.6 is 0 Å². The maximum Gasteiger partial charge on any atom is 0.410 e. The predicted molar refractivity (Wildman–Crippen MR) is 218 cm³/mol. The van der Waals surface area contributed by atoms with E-state index in [1.165, 1.54) is 23.9 Å². The third kappa shape index (κ3) is 23.1. The number of aliphatic hydroxyl groups excluding tert-OH is 1. The predicted octanol–water partition coefficient (Wildman–Crippen LogP) is 7.30. The fourth-order valence-corrected chi connectivity index (χ4v) is 4.54. The molecule has 2 aliphatic rings. The topological polar surface area (TPSA) is 196 Å². The molecule has 1 aromatic rings. The van der Waals surface area contributed by atoms with Crippen LogP contribution in [0, 0.1) is 11.8 Å². The van der Waals surface area contributed by atoms with Crippen LogP contribution in [-0.2, 0) is 49.5 Å². The number of carbonyl (C=O) groups excluding carboxylic acids is 5. The van der Waals surface area contributed by atoms with E-state index >= 15 is 0 Å². The molecule has 0 spiro atoms. The third-order valence-electron chi connectivity index (χ3n) is 7.85. The SMILES string of the molecule is C/C=C\C=C\COC(=O)COC(=O)[C@H](CC1CC1)N(C)C(=O)OC(C)(C)C.CN(C(=O)OC(C)(C)C)[C@@H](CC1CC1)C(=O)O.O=C(CO)OCc1ccccc1.[2HH].[2H][2H].[2H][2H].[2H][2H].[2H][2H]. The summed E-state index contributed by atoms with van der Waals surface area (Å²) in [5, 5.41) is 17.5. The van der Waals surface area contributed by atoms with Crippen molar-refractivity contribution >= 4 is 36.1 Å². The summed E-state index contributed by atoms with van der Waals surface area (Å²) in [6, 6.07) is 7.75. The number of ether oxygens (including phenoxy) is 5. The van der Waals surface area contributed by atoms with Crippen molar-refractivity contribution in [1.82, 2.24) is 9.80 Å². The molecule has 0 bridgehead atoms. The highest BCUT2D eigenvalue weighted by Crippen LogP contribution is 2.35. The molecule has 2 amide bonds. The molecule has 0 saturated heterocycles. The Hall–Kier alpha value is -4.92. The van der Waals surface area contributed by atoms with E-state index in [9.17, 15) is 28.8 Å². The largest absolute Gasteiger partial charge is 0.480 e. The number of amides is 2. The molecule has 0 heterocycles. The number of likely N-dealkylation sites (N-methyl/N-ethyl adjacent to an activating group) is 2. The molecule has 2 fully saturated rings. The lowest BCUT2D eigenvalue weighted by atomic mass is 10.1. The standard InChI is InChI=1S/C20H31NO6.C12H21NO4.C9H10O3.5H2/c1-6-7-8-9-12-25-17(22)14-26-18(23)16(13-15-10-11-15)21(5)19(24)27-20(2,3)4;1-12(2,3)17-11(16)13(4)9(10(14)15)7-8-5-6-8;10-6-9(11)12-7-8-4-2-1-3-5-8;;;;;/h6-9,15-16H,10-14H2,1-5H3;8-9H,5-7H2,1-4H3,(H,14,15);1-5,10H,6-7H2;5*1H/b7-6-,9-8+;;;;;;;/t16-;9-;;;;;;/m00....../s1/i;;;4*1+1D;1+1. The van der Waals surface area contributed by atoms with Crippen LogP contribution < -0.4 is 0 Å². The number of allylic oxidation sites excluding steroid dienone is 3. The average Bonchev–Trinajstić information content (AvgIpc) is 4.22. The summed E-state index contributed by atoms with van der Waals surface area (Å²) in [5.74, 6) is -2.00. The second kappa shape index (κ2) is 24.6. The summed E-state index contributed by atoms with van der Waals surface area (Å²) in [6.45, 7) is 11.7. The maximum atomic E-state index is 12.4. The summed E-state index contributed by atoms with van der Waals surface area (Å²) < 4.78 is 65.2. The number of hydrogen-bond donors (Lipinski definition) is 2. The van der Waals surface area contributed by atoms with E-state index in [1.807, 2.05) is 49.4 Å². The highest BCUT2D eigenvalue weighted by molar-refractivity contribution is 5.83. The number of carbonyl (C=O) groups is 6. The molecular formula is C41H72N2O13. The van der Waals surface area contributed by atoms with Gasteiger partial charge in [0.25, 0.3) is 0 Å². The number of hydrogen-bond acceptors (Lipinski definition) is 12. The Balaban J connectivity index is -0.000000271. The van der Waals surface area contributed by atoms with Gasteiger partial charge >= 0.3 is 36.1 Å². The first kappa shape index (κ1) is 42.2. The minimum absolute atomic E-state index is 0. The minimum Gasteiger partial charge on any atom is -0.480 e. The van der Waals surface area contributed by atoms with E-state index in [4.69, 9.17) is 41.0 Å². The third-order valence-corrected chi connectivity index (χ3v) is 7.85. The Morgan fingerprint density at radius 3 is 1.73 bits per heavy atom. The van der Waals surface area contributed by atoms with Crippen LogP contribution in [0.4, 0.5) is 9.59 Å². The lowest BCUT2D eigenvalue weighted by Crippen LogP contribution is -2.46. The number of carboxylic acids is 1. The monoisotopic (exact) mass is 810 g/mol. The second-order valence-electron chi connectivity index (χ2n) is 15.5. The van der Waals surface area contributed by atoms with E-state index in [0.717, 1.165) is 31.2 Å². The number of aliphatic hydroxyl groups is 1. The molecule has 15 nitrogen and oxygen atoms in total. The molecule has 3 rings (SSSR count). The zero-order valence-corrected chi connectivity index (χ0v) is 34.4. The van der Waals surface area contributed by atoms with Crippen molar-refractivity contribution in [3.63, 3.8) is 0 Å². The maximum absolute atomic E-state index is 12.4. The van der Waals surface area contributed by atoms with Crippen LogP contribution in [0.1, 0.15) is 106 Å². The number of esters is 3. The molecule has 2 saturated carbocycles. The Morgan fingerprint density at radius 1 is 0.786 bits per heavy atom. The first-order chi connectivity index (χ1) is 30.2. The fraction of sp³-hybridized carbons (Fsp3) is 0.610. The van der Waals surface area contributed by atoms with Gasteiger partial charge in [-0.3, -0.25) is 9.80 Å². The van der Waals surface area contributed by atoms with Crippen molar-refractivity contribution in [3.8, 4) is 0 Å². The molecule has 1 aromatic carbocycles. The summed E-state index contributed by atoms with van der Waals surface area (Å²) in [7, 11) is 2.99. The van der Waals surface area contributed by atoms with Gasteiger partial charge in [-0.15, -0.1) is 0 Å². The number of nitrogens with zero attached hydrogens (tertiary/aromatic N) is 2. The Kier molecular flexibility index (Phi) is 18.5. The number of aliphatic carboxylic acids is 1. The molecule has 2 N–H and O–H groups in total. The van der Waals surface area contributed by atoms with Crippen molar-refractivity contribution in [2.75, 3.05) is 33.9 Å². The van der Waals surface area contributed by atoms with E-state index in [2.05, 4.69) is 4.74 Å². The average molecular weight is 810 g/mol. The molecule has 2 atom stereocenters. The van der Waals surface area contributed by atoms with E-state index in [0.29, 0.717) is 24.7 Å². The van der Waals surface area contributed by atoms with Gasteiger partial charge in [0.2, 0.25) is 0 Å². The normalized spacial score (nSPS) is 15.4. The molecular weight excluding hydrogens is 728 g/mol. The number of carboxylic acid groups (broad SMARTS) is 1. The van der Waals surface area contributed by atoms with Crippen molar-refractivity contribution in [2.45, 2.75) is 117 Å². The molecule has 0 unspecified atom stereocenters. The summed E-state index contributed by atoms with van der Waals surface area (Å²) in [4.78, 5) is 72.2. The lowest BCUT2D eigenvalue weighted by Gasteiger charge is -2.29. The van der Waals surface area contributed by atoms with Crippen LogP contribution in [0.25, 0.3) is 0 Å². The zero-order chi connectivity index (χ0) is 50.5. The van der Waals surface area contributed by atoms with Crippen LogP contribution in [-0.4, -0.2) is 113 Å². The lowest BCUT2D eigenvalue weighted by molar-refractivity contribution is -0.161. The Bertz CT molecular complexity index is 1490. The van der Waals surface area contributed by atoms with Crippen LogP contribution in [0.3, 0.4) is 0 Å². The first-order valence-electron chi connectivity index (χ1n) is 22.7. The molecule has 56 heavy (non-hydrogen) atoms. The van der Waals surface area contributed by atoms with Crippen LogP contribution in [0.2, 0.25) is 0 Å². The van der Waals surface area contributed by atoms with Gasteiger partial charge in [-0.1, -0.05) is 74.2 Å². The van der Waals surface area contributed by atoms with Crippen molar-refractivity contribution in [1.29, 1.82) is 0 Å². The van der Waals surface area contributed by atoms with Crippen LogP contribution in [0.5, 0.6) is 0 Å². The highest BCUT2D eigenvalue weighted by atomic mass is 16.6. The van der Waals surface area contributed by atoms with Gasteiger partial charge in [-0.2, -0.15) is 0 Å². The summed E-state index contributed by atoms with van der Waals surface area (Å²) >= 11 is 0. The van der Waals surface area contributed by atoms with E-state index < -0.39 is 72.6 Å². The summed E-state index contributed by atoms with van der Waals surface area (Å²) in [6.07, 6.45) is 11.1. The minimum atomic E-state index is -0.967. The van der Waals surface area contributed by atoms with Gasteiger partial charge in [0.1, 0.15) is 43.1 Å². The summed E-state index contributed by atoms with van der Waals surface area (Å²) in [5.41, 5.74) is -0.350. The smallest absolute Gasteiger partial charge is 0.410 e. The second-order valence-corrected chi connectivity index (χ2v) is 15.5. The number of rotatable bonds is 16. The quantitative estimate of drug-likeness (QED) is 0.0960. The highest BCUT2D eigenvalue weighted by Gasteiger charge is 2.37. The van der Waals surface area contributed by atoms with E-state index in [1.54, 1.807) is 53.7 Å². The van der Waals surface area contributed by atoms with Gasteiger partial charge in [0, 0.05) is 27.4 Å². The Morgan fingerprint density at radius 2 is 1.29 bits per heavy atom. The van der Waals surface area contributed by atoms with Crippen molar-refractivity contribution in [3.05, 3.63) is 60.2 Å². The molecule has 0 aromatic heterocycles. The molecule has 324 valence electrons. The Labute approximate surface area is 344 Å². The van der Waals surface area contributed by atoms with E-state index in [-0.39, 0.29) is 14.6 Å².